The van der Waals surface area contributed by atoms with Crippen LogP contribution in [0.5, 0.6) is 0 Å². The van der Waals surface area contributed by atoms with E-state index >= 15 is 0 Å². The van der Waals surface area contributed by atoms with Crippen LogP contribution >= 0.6 is 0 Å². The van der Waals surface area contributed by atoms with Gasteiger partial charge in [0.15, 0.2) is 0 Å². The van der Waals surface area contributed by atoms with Crippen LogP contribution in [0.15, 0.2) is 24.3 Å². The minimum absolute atomic E-state index is 0.0504. The molecule has 1 saturated heterocycles. The first-order chi connectivity index (χ1) is 9.24. The molecule has 4 heteroatoms. The van der Waals surface area contributed by atoms with Crippen molar-refractivity contribution in [2.75, 3.05) is 13.1 Å². The van der Waals surface area contributed by atoms with Gasteiger partial charge in [0, 0.05) is 13.1 Å². The summed E-state index contributed by atoms with van der Waals surface area (Å²) in [7, 11) is 0. The van der Waals surface area contributed by atoms with Gasteiger partial charge < -0.3 is 4.90 Å². The summed E-state index contributed by atoms with van der Waals surface area (Å²) in [5.74, 6) is -0.0504. The number of carbonyl (C=O) groups excluding carboxylic acids is 2. The monoisotopic (exact) mass is 258 g/mol. The van der Waals surface area contributed by atoms with Crippen molar-refractivity contribution >= 4 is 11.9 Å². The standard InChI is InChI=1S/C15H18N2O2/c1-2-3-9-17-14(18)13-12-7-5-4-6-11(12)8-10-16(13)15(17)19/h4-7,13H,2-3,8-10H2,1H3. The fourth-order valence-corrected chi connectivity index (χ4v) is 2.96. The minimum atomic E-state index is -0.380. The highest BCUT2D eigenvalue weighted by molar-refractivity contribution is 6.05. The first-order valence-electron chi connectivity index (χ1n) is 6.94. The Kier molecular flexibility index (Phi) is 3.01. The Morgan fingerprint density at radius 2 is 2.05 bits per heavy atom. The van der Waals surface area contributed by atoms with Crippen molar-refractivity contribution in [3.8, 4) is 0 Å². The number of unbranched alkanes of at least 4 members (excludes halogenated alkanes) is 1. The number of rotatable bonds is 3. The molecule has 3 amide bonds. The van der Waals surface area contributed by atoms with Gasteiger partial charge in [-0.3, -0.25) is 9.69 Å². The molecule has 0 aromatic heterocycles. The average Bonchev–Trinajstić information content (AvgIpc) is 2.69. The summed E-state index contributed by atoms with van der Waals surface area (Å²) >= 11 is 0. The Labute approximate surface area is 113 Å². The number of fused-ring (bicyclic) bond motifs is 3. The first kappa shape index (κ1) is 12.2. The lowest BCUT2D eigenvalue weighted by Crippen LogP contribution is -2.36. The van der Waals surface area contributed by atoms with Crippen LogP contribution in [0.4, 0.5) is 4.79 Å². The van der Waals surface area contributed by atoms with Crippen LogP contribution in [0.2, 0.25) is 0 Å². The third kappa shape index (κ3) is 1.82. The number of imide groups is 1. The maximum Gasteiger partial charge on any atom is 0.327 e. The summed E-state index contributed by atoms with van der Waals surface area (Å²) in [6.45, 7) is 3.26. The molecule has 2 heterocycles. The molecule has 1 fully saturated rings. The predicted octanol–water partition coefficient (Wildman–Crippen LogP) is 2.35. The van der Waals surface area contributed by atoms with E-state index in [1.165, 1.54) is 10.5 Å². The lowest BCUT2D eigenvalue weighted by Gasteiger charge is -2.28. The third-order valence-corrected chi connectivity index (χ3v) is 4.00. The lowest BCUT2D eigenvalue weighted by atomic mass is 9.93. The molecular formula is C15H18N2O2. The predicted molar refractivity (Wildman–Crippen MR) is 71.6 cm³/mol. The van der Waals surface area contributed by atoms with Gasteiger partial charge in [0.2, 0.25) is 0 Å². The summed E-state index contributed by atoms with van der Waals surface area (Å²) in [5.41, 5.74) is 2.20. The van der Waals surface area contributed by atoms with Gasteiger partial charge in [-0.1, -0.05) is 37.6 Å². The number of benzene rings is 1. The second-order valence-corrected chi connectivity index (χ2v) is 5.17. The number of nitrogens with zero attached hydrogens (tertiary/aromatic N) is 2. The quantitative estimate of drug-likeness (QED) is 0.781. The highest BCUT2D eigenvalue weighted by Gasteiger charge is 2.47. The zero-order valence-corrected chi connectivity index (χ0v) is 11.1. The van der Waals surface area contributed by atoms with Crippen molar-refractivity contribution in [2.24, 2.45) is 0 Å². The highest BCUT2D eigenvalue weighted by atomic mass is 16.2. The molecule has 1 atom stereocenters. The van der Waals surface area contributed by atoms with Crippen molar-refractivity contribution in [3.05, 3.63) is 35.4 Å². The van der Waals surface area contributed by atoms with E-state index in [1.54, 1.807) is 4.90 Å². The topological polar surface area (TPSA) is 40.6 Å². The smallest absolute Gasteiger partial charge is 0.308 e. The van der Waals surface area contributed by atoms with Gasteiger partial charge >= 0.3 is 6.03 Å². The summed E-state index contributed by atoms with van der Waals surface area (Å²) in [6.07, 6.45) is 2.70. The van der Waals surface area contributed by atoms with Crippen molar-refractivity contribution in [1.82, 2.24) is 9.80 Å². The molecule has 2 aliphatic heterocycles. The van der Waals surface area contributed by atoms with Gasteiger partial charge in [-0.15, -0.1) is 0 Å². The molecule has 0 aliphatic carbocycles. The second-order valence-electron chi connectivity index (χ2n) is 5.17. The molecule has 19 heavy (non-hydrogen) atoms. The Morgan fingerprint density at radius 3 is 2.84 bits per heavy atom. The normalized spacial score (nSPS) is 21.6. The average molecular weight is 258 g/mol. The number of hydrogen-bond donors (Lipinski definition) is 0. The third-order valence-electron chi connectivity index (χ3n) is 4.00. The molecule has 1 unspecified atom stereocenters. The van der Waals surface area contributed by atoms with Crippen LogP contribution in [-0.4, -0.2) is 34.8 Å². The molecule has 0 bridgehead atoms. The number of urea groups is 1. The summed E-state index contributed by atoms with van der Waals surface area (Å²) in [4.78, 5) is 27.9. The molecule has 0 spiro atoms. The minimum Gasteiger partial charge on any atom is -0.308 e. The maximum absolute atomic E-state index is 12.5. The summed E-state index contributed by atoms with van der Waals surface area (Å²) < 4.78 is 0. The zero-order valence-electron chi connectivity index (χ0n) is 11.1. The van der Waals surface area contributed by atoms with Crippen LogP contribution in [-0.2, 0) is 11.2 Å². The lowest BCUT2D eigenvalue weighted by molar-refractivity contribution is -0.128. The van der Waals surface area contributed by atoms with Crippen LogP contribution in [0.1, 0.15) is 36.9 Å². The van der Waals surface area contributed by atoms with Gasteiger partial charge in [0.1, 0.15) is 6.04 Å². The Bertz CT molecular complexity index is 527. The molecule has 3 rings (SSSR count). The number of amides is 3. The molecule has 0 N–H and O–H groups in total. The SMILES string of the molecule is CCCCN1C(=O)C2c3ccccc3CCN2C1=O. The van der Waals surface area contributed by atoms with E-state index in [2.05, 4.69) is 13.0 Å². The van der Waals surface area contributed by atoms with Gasteiger partial charge in [-0.05, 0) is 24.0 Å². The first-order valence-corrected chi connectivity index (χ1v) is 6.94. The van der Waals surface area contributed by atoms with Crippen molar-refractivity contribution in [3.63, 3.8) is 0 Å². The van der Waals surface area contributed by atoms with Crippen molar-refractivity contribution in [1.29, 1.82) is 0 Å². The molecule has 1 aromatic carbocycles. The van der Waals surface area contributed by atoms with Crippen molar-refractivity contribution < 1.29 is 9.59 Å². The highest BCUT2D eigenvalue weighted by Crippen LogP contribution is 2.36. The van der Waals surface area contributed by atoms with E-state index < -0.39 is 0 Å². The van der Waals surface area contributed by atoms with Crippen LogP contribution < -0.4 is 0 Å². The van der Waals surface area contributed by atoms with Crippen LogP contribution in [0.25, 0.3) is 0 Å². The van der Waals surface area contributed by atoms with E-state index in [1.807, 2.05) is 18.2 Å². The largest absolute Gasteiger partial charge is 0.327 e. The fraction of sp³-hybridized carbons (Fsp3) is 0.467. The van der Waals surface area contributed by atoms with E-state index in [0.29, 0.717) is 13.1 Å². The molecule has 2 aliphatic rings. The molecule has 0 saturated carbocycles. The second kappa shape index (κ2) is 4.68. The van der Waals surface area contributed by atoms with Gasteiger partial charge in [0.25, 0.3) is 5.91 Å². The molecule has 100 valence electrons. The number of carbonyl (C=O) groups is 2. The van der Waals surface area contributed by atoms with E-state index in [4.69, 9.17) is 0 Å². The van der Waals surface area contributed by atoms with E-state index in [9.17, 15) is 9.59 Å². The van der Waals surface area contributed by atoms with Gasteiger partial charge in [0.05, 0.1) is 0 Å². The van der Waals surface area contributed by atoms with Crippen LogP contribution in [0.3, 0.4) is 0 Å². The van der Waals surface area contributed by atoms with Gasteiger partial charge in [-0.2, -0.15) is 0 Å². The van der Waals surface area contributed by atoms with Crippen molar-refractivity contribution in [2.45, 2.75) is 32.2 Å². The Hall–Kier alpha value is -1.84. The molecule has 1 aromatic rings. The van der Waals surface area contributed by atoms with Crippen LogP contribution in [0, 0.1) is 0 Å². The van der Waals surface area contributed by atoms with Gasteiger partial charge in [-0.25, -0.2) is 4.79 Å². The summed E-state index contributed by atoms with van der Waals surface area (Å²) in [5, 5.41) is 0. The Balaban J connectivity index is 1.94. The summed E-state index contributed by atoms with van der Waals surface area (Å²) in [6, 6.07) is 7.46. The van der Waals surface area contributed by atoms with E-state index in [-0.39, 0.29) is 18.0 Å². The number of hydrogen-bond acceptors (Lipinski definition) is 2. The van der Waals surface area contributed by atoms with E-state index in [0.717, 1.165) is 24.8 Å². The Morgan fingerprint density at radius 1 is 1.26 bits per heavy atom. The fourth-order valence-electron chi connectivity index (χ4n) is 2.96. The molecule has 0 radical (unpaired) electrons. The maximum atomic E-state index is 12.5. The molecular weight excluding hydrogens is 240 g/mol. The molecule has 4 nitrogen and oxygen atoms in total. The zero-order chi connectivity index (χ0) is 13.4.